The molecule has 1 atom stereocenters. The van der Waals surface area contributed by atoms with Crippen molar-refractivity contribution in [2.45, 2.75) is 31.8 Å². The van der Waals surface area contributed by atoms with E-state index in [2.05, 4.69) is 25.3 Å². The van der Waals surface area contributed by atoms with Crippen LogP contribution in [-0.2, 0) is 11.3 Å². The molecule has 0 unspecified atom stereocenters. The van der Waals surface area contributed by atoms with Crippen LogP contribution in [0.4, 0.5) is 0 Å². The summed E-state index contributed by atoms with van der Waals surface area (Å²) >= 11 is 0. The number of nitrogens with zero attached hydrogens (tertiary/aromatic N) is 6. The number of rotatable bonds is 5. The Morgan fingerprint density at radius 3 is 2.93 bits per heavy atom. The lowest BCUT2D eigenvalue weighted by atomic mass is 10.2. The highest BCUT2D eigenvalue weighted by Crippen LogP contribution is 2.31. The van der Waals surface area contributed by atoms with Gasteiger partial charge in [-0.15, -0.1) is 0 Å². The fourth-order valence-electron chi connectivity index (χ4n) is 3.95. The van der Waals surface area contributed by atoms with E-state index >= 15 is 0 Å². The van der Waals surface area contributed by atoms with E-state index in [4.69, 9.17) is 0 Å². The van der Waals surface area contributed by atoms with Crippen LogP contribution in [0.25, 0.3) is 22.3 Å². The van der Waals surface area contributed by atoms with Crippen molar-refractivity contribution in [3.63, 3.8) is 0 Å². The van der Waals surface area contributed by atoms with Crippen LogP contribution in [0.15, 0.2) is 55.0 Å². The van der Waals surface area contributed by atoms with Gasteiger partial charge in [0, 0.05) is 36.3 Å². The molecular weight excluding hydrogens is 366 g/mol. The number of pyridine rings is 1. The van der Waals surface area contributed by atoms with Crippen LogP contribution in [0.2, 0.25) is 0 Å². The third-order valence-electron chi connectivity index (χ3n) is 5.42. The van der Waals surface area contributed by atoms with Crippen LogP contribution in [0, 0.1) is 0 Å². The molecule has 1 aromatic carbocycles. The summed E-state index contributed by atoms with van der Waals surface area (Å²) in [7, 11) is 0. The molecule has 0 saturated carbocycles. The number of H-pyrrole nitrogens is 1. The lowest BCUT2D eigenvalue weighted by Gasteiger charge is -2.23. The maximum Gasteiger partial charge on any atom is 0.225 e. The number of para-hydroxylation sites is 1. The summed E-state index contributed by atoms with van der Waals surface area (Å²) < 4.78 is 1.90. The highest BCUT2D eigenvalue weighted by molar-refractivity contribution is 5.79. The molecule has 29 heavy (non-hydrogen) atoms. The number of aryl methyl sites for hydroxylation is 1. The highest BCUT2D eigenvalue weighted by atomic mass is 16.2. The minimum absolute atomic E-state index is 0.0556. The minimum Gasteiger partial charge on any atom is -0.332 e. The molecule has 1 amide bonds. The summed E-state index contributed by atoms with van der Waals surface area (Å²) in [6.07, 6.45) is 7.54. The van der Waals surface area contributed by atoms with E-state index in [-0.39, 0.29) is 11.9 Å². The first-order valence-electron chi connectivity index (χ1n) is 9.82. The summed E-state index contributed by atoms with van der Waals surface area (Å²) in [5.74, 6) is 1.49. The Hall–Kier alpha value is -3.55. The monoisotopic (exact) mass is 387 g/mol. The topological polar surface area (TPSA) is 92.6 Å². The number of nitrogens with one attached hydrogen (secondary N) is 1. The maximum atomic E-state index is 13.0. The largest absolute Gasteiger partial charge is 0.332 e. The summed E-state index contributed by atoms with van der Waals surface area (Å²) in [4.78, 5) is 23.5. The van der Waals surface area contributed by atoms with E-state index in [1.54, 1.807) is 12.4 Å². The van der Waals surface area contributed by atoms with E-state index in [0.29, 0.717) is 18.8 Å². The Morgan fingerprint density at radius 1 is 1.17 bits per heavy atom. The average molecular weight is 387 g/mol. The van der Waals surface area contributed by atoms with Gasteiger partial charge in [-0.25, -0.2) is 4.98 Å². The van der Waals surface area contributed by atoms with Gasteiger partial charge < -0.3 is 4.90 Å². The number of aromatic amines is 1. The molecular formula is C21H21N7O. The van der Waals surface area contributed by atoms with Crippen LogP contribution in [-0.4, -0.2) is 47.3 Å². The minimum atomic E-state index is -0.0556. The van der Waals surface area contributed by atoms with Gasteiger partial charge in [-0.1, -0.05) is 18.2 Å². The van der Waals surface area contributed by atoms with E-state index in [0.717, 1.165) is 41.7 Å². The Bertz CT molecular complexity index is 1130. The van der Waals surface area contributed by atoms with E-state index < -0.39 is 0 Å². The van der Waals surface area contributed by atoms with Gasteiger partial charge in [0.25, 0.3) is 0 Å². The second-order valence-corrected chi connectivity index (χ2v) is 7.20. The van der Waals surface area contributed by atoms with E-state index in [1.807, 2.05) is 52.2 Å². The number of fused-ring (bicyclic) bond motifs is 1. The number of benzene rings is 1. The number of carbonyl (C=O) groups excluding carboxylic acids is 1. The lowest BCUT2D eigenvalue weighted by molar-refractivity contribution is -0.132. The quantitative estimate of drug-likeness (QED) is 0.568. The molecule has 0 radical (unpaired) electrons. The first-order valence-corrected chi connectivity index (χ1v) is 9.82. The predicted octanol–water partition coefficient (Wildman–Crippen LogP) is 2.97. The van der Waals surface area contributed by atoms with Crippen molar-refractivity contribution < 1.29 is 4.79 Å². The third-order valence-corrected chi connectivity index (χ3v) is 5.42. The first-order chi connectivity index (χ1) is 14.3. The Kier molecular flexibility index (Phi) is 4.51. The SMILES string of the molecule is O=C(CCn1ncc2ccccc21)N1CCC[C@H]1c1nc(-c2ccncc2)n[nH]1. The molecule has 1 N–H and O–H groups in total. The fourth-order valence-corrected chi connectivity index (χ4v) is 3.95. The van der Waals surface area contributed by atoms with Crippen LogP contribution >= 0.6 is 0 Å². The normalized spacial score (nSPS) is 16.6. The summed E-state index contributed by atoms with van der Waals surface area (Å²) in [6, 6.07) is 11.7. The van der Waals surface area contributed by atoms with Gasteiger partial charge in [0.15, 0.2) is 5.82 Å². The Labute approximate surface area is 167 Å². The number of carbonyl (C=O) groups is 1. The molecule has 0 aliphatic carbocycles. The van der Waals surface area contributed by atoms with Gasteiger partial charge in [0.1, 0.15) is 5.82 Å². The molecule has 5 rings (SSSR count). The van der Waals surface area contributed by atoms with E-state index in [1.165, 1.54) is 0 Å². The van der Waals surface area contributed by atoms with E-state index in [9.17, 15) is 4.79 Å². The highest BCUT2D eigenvalue weighted by Gasteiger charge is 2.32. The molecule has 4 heterocycles. The van der Waals surface area contributed by atoms with Gasteiger partial charge in [0.2, 0.25) is 5.91 Å². The van der Waals surface area contributed by atoms with Crippen molar-refractivity contribution in [3.8, 4) is 11.4 Å². The van der Waals surface area contributed by atoms with Crippen LogP contribution in [0.1, 0.15) is 31.1 Å². The molecule has 8 heteroatoms. The second-order valence-electron chi connectivity index (χ2n) is 7.20. The fraction of sp³-hybridized carbons (Fsp3) is 0.286. The number of aromatic nitrogens is 6. The summed E-state index contributed by atoms with van der Waals surface area (Å²) in [5, 5.41) is 12.9. The summed E-state index contributed by atoms with van der Waals surface area (Å²) in [5.41, 5.74) is 1.96. The smallest absolute Gasteiger partial charge is 0.225 e. The van der Waals surface area contributed by atoms with Gasteiger partial charge in [0.05, 0.1) is 24.3 Å². The van der Waals surface area contributed by atoms with Gasteiger partial charge >= 0.3 is 0 Å². The van der Waals surface area contributed by atoms with Crippen molar-refractivity contribution in [1.82, 2.24) is 34.8 Å². The van der Waals surface area contributed by atoms with Crippen LogP contribution in [0.5, 0.6) is 0 Å². The zero-order valence-electron chi connectivity index (χ0n) is 15.9. The van der Waals surface area contributed by atoms with Crippen molar-refractivity contribution in [1.29, 1.82) is 0 Å². The zero-order valence-corrected chi connectivity index (χ0v) is 15.9. The predicted molar refractivity (Wildman–Crippen MR) is 108 cm³/mol. The van der Waals surface area contributed by atoms with Crippen LogP contribution in [0.3, 0.4) is 0 Å². The Morgan fingerprint density at radius 2 is 2.03 bits per heavy atom. The number of amides is 1. The molecule has 3 aromatic heterocycles. The van der Waals surface area contributed by atoms with Crippen molar-refractivity contribution in [3.05, 3.63) is 60.8 Å². The second kappa shape index (κ2) is 7.46. The molecule has 1 aliphatic heterocycles. The van der Waals surface area contributed by atoms with Crippen molar-refractivity contribution >= 4 is 16.8 Å². The van der Waals surface area contributed by atoms with Gasteiger partial charge in [-0.05, 0) is 31.0 Å². The third kappa shape index (κ3) is 3.37. The molecule has 1 aliphatic rings. The van der Waals surface area contributed by atoms with Gasteiger partial charge in [-0.2, -0.15) is 10.2 Å². The maximum absolute atomic E-state index is 13.0. The summed E-state index contributed by atoms with van der Waals surface area (Å²) in [6.45, 7) is 1.31. The molecule has 0 bridgehead atoms. The molecule has 1 saturated heterocycles. The average Bonchev–Trinajstić information content (AvgIpc) is 3.51. The lowest BCUT2D eigenvalue weighted by Crippen LogP contribution is -2.31. The number of hydrogen-bond donors (Lipinski definition) is 1. The van der Waals surface area contributed by atoms with Gasteiger partial charge in [-0.3, -0.25) is 19.6 Å². The van der Waals surface area contributed by atoms with Crippen molar-refractivity contribution in [2.24, 2.45) is 0 Å². The van der Waals surface area contributed by atoms with Crippen molar-refractivity contribution in [2.75, 3.05) is 6.54 Å². The first kappa shape index (κ1) is 17.5. The molecule has 146 valence electrons. The number of hydrogen-bond acceptors (Lipinski definition) is 5. The Balaban J connectivity index is 1.29. The van der Waals surface area contributed by atoms with Crippen LogP contribution < -0.4 is 0 Å². The standard InChI is InChI=1S/C21H21N7O/c29-19(9-13-28-17-5-2-1-4-16(17)14-23-28)27-12-3-6-18(27)21-24-20(25-26-21)15-7-10-22-11-8-15/h1-2,4-5,7-8,10-11,14,18H,3,6,9,12-13H2,(H,24,25,26)/t18-/m0/s1. The molecule has 0 spiro atoms. The molecule has 8 nitrogen and oxygen atoms in total. The molecule has 4 aromatic rings. The molecule has 1 fully saturated rings. The number of likely N-dealkylation sites (tertiary alicyclic amines) is 1. The zero-order chi connectivity index (χ0) is 19.6.